The van der Waals surface area contributed by atoms with Gasteiger partial charge in [-0.1, -0.05) is 103 Å². The molecule has 0 radical (unpaired) electrons. The third-order valence-electron chi connectivity index (χ3n) is 7.22. The quantitative estimate of drug-likeness (QED) is 0.213. The summed E-state index contributed by atoms with van der Waals surface area (Å²) in [6, 6.07) is 24.6. The number of hydrogen-bond acceptors (Lipinski definition) is 2. The predicted molar refractivity (Wildman–Crippen MR) is 177 cm³/mol. The van der Waals surface area contributed by atoms with E-state index in [4.69, 9.17) is 18.1 Å². The molecular weight excluding hydrogens is 510 g/mol. The summed E-state index contributed by atoms with van der Waals surface area (Å²) in [6.45, 7) is 0. The second-order valence-corrected chi connectivity index (χ2v) is 9.75. The normalized spacial score (nSPS) is 15.0. The highest BCUT2D eigenvalue weighted by Crippen LogP contribution is 2.39. The molecule has 0 amide bonds. The summed E-state index contributed by atoms with van der Waals surface area (Å²) in [7, 11) is 0. The molecule has 1 heterocycles. The molecule has 0 aliphatic heterocycles. The van der Waals surface area contributed by atoms with E-state index in [2.05, 4.69) is 4.90 Å². The third kappa shape index (κ3) is 4.22. The molecule has 0 aliphatic carbocycles. The van der Waals surface area contributed by atoms with Crippen LogP contribution in [0, 0.1) is 0 Å². The first kappa shape index (κ1) is 15.4. The monoisotopic (exact) mass is 548 g/mol. The summed E-state index contributed by atoms with van der Waals surface area (Å²) in [5.74, 6) is 0. The van der Waals surface area contributed by atoms with E-state index in [0.717, 1.165) is 27.8 Å². The molecule has 8 aromatic rings. The number of rotatable bonds is 5. The van der Waals surface area contributed by atoms with Crippen molar-refractivity contribution in [2.75, 3.05) is 4.90 Å². The maximum atomic E-state index is 9.26. The molecule has 0 unspecified atom stereocenters. The maximum Gasteiger partial charge on any atom is 0.137 e. The molecule has 0 bridgehead atoms. The van der Waals surface area contributed by atoms with Gasteiger partial charge in [-0.15, -0.1) is 0 Å². The van der Waals surface area contributed by atoms with E-state index in [1.54, 1.807) is 18.2 Å². The molecule has 0 saturated carbocycles. The zero-order valence-electron chi connectivity index (χ0n) is 33.1. The van der Waals surface area contributed by atoms with Crippen LogP contribution in [0.2, 0.25) is 0 Å². The van der Waals surface area contributed by atoms with E-state index < -0.39 is 66.0 Å². The Labute approximate surface area is 260 Å². The molecule has 0 aliphatic rings. The summed E-state index contributed by atoms with van der Waals surface area (Å²) in [6.07, 6.45) is 0. The highest BCUT2D eigenvalue weighted by atomic mass is 16.3. The Hall–Kier alpha value is -5.60. The maximum absolute atomic E-state index is 9.26. The lowest BCUT2D eigenvalue weighted by atomic mass is 9.95. The fourth-order valence-electron chi connectivity index (χ4n) is 5.27. The Kier molecular flexibility index (Phi) is 3.71. The minimum atomic E-state index is -0.672. The van der Waals surface area contributed by atoms with Gasteiger partial charge in [0, 0.05) is 33.9 Å². The van der Waals surface area contributed by atoms with Crippen LogP contribution < -0.4 is 4.90 Å². The Balaban J connectivity index is 1.32. The van der Waals surface area contributed by atoms with Gasteiger partial charge in [-0.25, -0.2) is 0 Å². The molecule has 42 heavy (non-hydrogen) atoms. The lowest BCUT2D eigenvalue weighted by Gasteiger charge is -2.25. The van der Waals surface area contributed by atoms with Crippen LogP contribution in [0.3, 0.4) is 0 Å². The minimum absolute atomic E-state index is 0.0116. The zero-order valence-corrected chi connectivity index (χ0v) is 22.1. The van der Waals surface area contributed by atoms with E-state index in [0.29, 0.717) is 16.7 Å². The van der Waals surface area contributed by atoms with Gasteiger partial charge in [0.05, 0.1) is 15.1 Å². The van der Waals surface area contributed by atoms with Gasteiger partial charge in [0.1, 0.15) is 11.2 Å². The van der Waals surface area contributed by atoms with Crippen LogP contribution in [0.1, 0.15) is 15.1 Å². The fourth-order valence-corrected chi connectivity index (χ4v) is 5.27. The predicted octanol–water partition coefficient (Wildman–Crippen LogP) is 11.5. The summed E-state index contributed by atoms with van der Waals surface area (Å²) >= 11 is 0. The van der Waals surface area contributed by atoms with E-state index in [1.807, 2.05) is 78.9 Å². The van der Waals surface area contributed by atoms with Crippen molar-refractivity contribution in [3.8, 4) is 22.3 Å². The lowest BCUT2D eigenvalue weighted by molar-refractivity contribution is 0.669. The molecule has 0 spiro atoms. The fraction of sp³-hybridized carbons (Fsp3) is 0. The highest BCUT2D eigenvalue weighted by Gasteiger charge is 2.15. The Morgan fingerprint density at radius 3 is 1.90 bits per heavy atom. The van der Waals surface area contributed by atoms with E-state index in [-0.39, 0.29) is 27.9 Å². The second kappa shape index (κ2) is 10.1. The van der Waals surface area contributed by atoms with Gasteiger partial charge in [0.2, 0.25) is 0 Å². The van der Waals surface area contributed by atoms with E-state index >= 15 is 0 Å². The summed E-state index contributed by atoms with van der Waals surface area (Å²) in [4.78, 5) is 2.11. The third-order valence-corrected chi connectivity index (χ3v) is 7.22. The van der Waals surface area contributed by atoms with Crippen LogP contribution in [0.25, 0.3) is 55.0 Å². The van der Waals surface area contributed by atoms with Gasteiger partial charge < -0.3 is 9.32 Å². The minimum Gasteiger partial charge on any atom is -0.456 e. The lowest BCUT2D eigenvalue weighted by Crippen LogP contribution is -2.09. The SMILES string of the molecule is [2H]c1c([2H])c([2H])c(-c2c([2H])c([2H])c([2H])c3c([2H])c(-c4ccc5c(c4)oc4cc(N(c6ccccc6)c6ccccc6)ccc45)c([2H])c([2H])c23)c([2H])c1[2H]. The second-order valence-electron chi connectivity index (χ2n) is 9.75. The summed E-state index contributed by atoms with van der Waals surface area (Å²) in [5.41, 5.74) is 3.39. The van der Waals surface area contributed by atoms with Crippen molar-refractivity contribution >= 4 is 49.8 Å². The van der Waals surface area contributed by atoms with E-state index in [1.165, 1.54) is 0 Å². The molecule has 0 N–H and O–H groups in total. The van der Waals surface area contributed by atoms with Gasteiger partial charge in [0.25, 0.3) is 0 Å². The first-order chi connectivity index (χ1) is 25.4. The standard InChI is InChI=1S/C40H27NO/c1-4-11-28(12-5-1)35-18-10-13-31-25-29(19-22-36(31)35)30-20-23-37-38-24-21-34(27-40(38)42-39(37)26-30)41(32-14-6-2-7-15-32)33-16-8-3-9-17-33/h1-27H/i1D,4D,5D,10D,11D,12D,13D,18D,19D,22D,25D. The van der Waals surface area contributed by atoms with Gasteiger partial charge in [-0.3, -0.25) is 0 Å². The number of nitrogens with zero attached hydrogens (tertiary/aromatic N) is 1. The van der Waals surface area contributed by atoms with Gasteiger partial charge in [0.15, 0.2) is 0 Å². The van der Waals surface area contributed by atoms with Crippen molar-refractivity contribution in [3.05, 3.63) is 164 Å². The van der Waals surface area contributed by atoms with Crippen LogP contribution in [-0.4, -0.2) is 0 Å². The van der Waals surface area contributed by atoms with Crippen LogP contribution in [0.5, 0.6) is 0 Å². The van der Waals surface area contributed by atoms with Crippen LogP contribution >= 0.6 is 0 Å². The summed E-state index contributed by atoms with van der Waals surface area (Å²) in [5, 5.41) is 1.11. The van der Waals surface area contributed by atoms with Gasteiger partial charge in [-0.05, 0) is 87.6 Å². The number of para-hydroxylation sites is 2. The van der Waals surface area contributed by atoms with Crippen molar-refractivity contribution < 1.29 is 19.5 Å². The molecule has 0 saturated heterocycles. The zero-order chi connectivity index (χ0) is 37.5. The van der Waals surface area contributed by atoms with Crippen molar-refractivity contribution in [1.82, 2.24) is 0 Å². The highest BCUT2D eigenvalue weighted by molar-refractivity contribution is 6.07. The Morgan fingerprint density at radius 1 is 0.476 bits per heavy atom. The molecular formula is C40H27NO. The molecule has 8 rings (SSSR count). The van der Waals surface area contributed by atoms with Gasteiger partial charge >= 0.3 is 0 Å². The molecule has 0 atom stereocenters. The number of hydrogen-bond donors (Lipinski definition) is 0. The van der Waals surface area contributed by atoms with Crippen LogP contribution in [0.4, 0.5) is 17.1 Å². The first-order valence-electron chi connectivity index (χ1n) is 18.9. The van der Waals surface area contributed by atoms with Gasteiger partial charge in [-0.2, -0.15) is 0 Å². The average molecular weight is 549 g/mol. The smallest absolute Gasteiger partial charge is 0.137 e. The van der Waals surface area contributed by atoms with Crippen molar-refractivity contribution in [2.45, 2.75) is 0 Å². The molecule has 1 aromatic heterocycles. The number of fused-ring (bicyclic) bond motifs is 4. The molecule has 7 aromatic carbocycles. The molecule has 198 valence electrons. The topological polar surface area (TPSA) is 16.4 Å². The van der Waals surface area contributed by atoms with Crippen molar-refractivity contribution in [3.63, 3.8) is 0 Å². The molecule has 2 heteroatoms. The Bertz CT molecular complexity index is 2730. The van der Waals surface area contributed by atoms with Crippen molar-refractivity contribution in [2.24, 2.45) is 0 Å². The van der Waals surface area contributed by atoms with E-state index in [9.17, 15) is 1.37 Å². The van der Waals surface area contributed by atoms with Crippen LogP contribution in [-0.2, 0) is 0 Å². The molecule has 2 nitrogen and oxygen atoms in total. The number of benzene rings is 7. The Morgan fingerprint density at radius 2 is 1.17 bits per heavy atom. The first-order valence-corrected chi connectivity index (χ1v) is 13.4. The number of furan rings is 1. The summed E-state index contributed by atoms with van der Waals surface area (Å²) < 4.78 is 101. The van der Waals surface area contributed by atoms with Crippen molar-refractivity contribution in [1.29, 1.82) is 0 Å². The molecule has 0 fully saturated rings. The average Bonchev–Trinajstić information content (AvgIpc) is 3.53. The van der Waals surface area contributed by atoms with Crippen LogP contribution in [0.15, 0.2) is 168 Å². The number of anilines is 3. The largest absolute Gasteiger partial charge is 0.456 e.